The molecule has 0 spiro atoms. The molecule has 7 aromatic rings. The summed E-state index contributed by atoms with van der Waals surface area (Å²) in [6.07, 6.45) is -0.334. The fraction of sp³-hybridized carbons (Fsp3) is 0.340. The first-order chi connectivity index (χ1) is 32.6. The van der Waals surface area contributed by atoms with Crippen molar-refractivity contribution in [2.24, 2.45) is 11.1 Å². The number of β-amino-alcohol motifs (C(OH)–C–C–N with tert-alkyl or cyclic N) is 1. The van der Waals surface area contributed by atoms with Crippen molar-refractivity contribution in [1.82, 2.24) is 25.3 Å². The molecule has 1 fully saturated rings. The molecule has 354 valence electrons. The van der Waals surface area contributed by atoms with E-state index in [9.17, 15) is 24.3 Å². The van der Waals surface area contributed by atoms with E-state index in [1.165, 1.54) is 15.3 Å². The number of nitrogens with zero attached hydrogens (tertiary/aromatic N) is 3. The number of nitrogens with two attached hydrogens (primary N) is 1. The highest BCUT2D eigenvalue weighted by Crippen LogP contribution is 2.39. The summed E-state index contributed by atoms with van der Waals surface area (Å²) >= 11 is 1.68. The molecule has 3 aromatic heterocycles. The van der Waals surface area contributed by atoms with Crippen LogP contribution in [-0.4, -0.2) is 87.9 Å². The number of hydrogen-bond donors (Lipinski definition) is 4. The molecule has 0 unspecified atom stereocenters. The number of fused-ring (bicyclic) bond motifs is 3. The molecule has 0 saturated carbocycles. The molecule has 14 nitrogen and oxygen atoms in total. The number of rotatable bonds is 17. The number of thiophene rings is 1. The van der Waals surface area contributed by atoms with Gasteiger partial charge in [-0.3, -0.25) is 19.2 Å². The second-order valence-electron chi connectivity index (χ2n) is 18.6. The van der Waals surface area contributed by atoms with Crippen LogP contribution in [0.5, 0.6) is 5.75 Å². The summed E-state index contributed by atoms with van der Waals surface area (Å²) in [7, 11) is 0. The number of nitrogens with one attached hydrogen (secondary N) is 2. The summed E-state index contributed by atoms with van der Waals surface area (Å²) in [6.45, 7) is 12.3. The van der Waals surface area contributed by atoms with Gasteiger partial charge in [0, 0.05) is 64.8 Å². The first-order valence-electron chi connectivity index (χ1n) is 22.8. The van der Waals surface area contributed by atoms with Gasteiger partial charge in [0.25, 0.3) is 0 Å². The van der Waals surface area contributed by atoms with Gasteiger partial charge in [-0.15, -0.1) is 11.3 Å². The monoisotopic (exact) mass is 938 g/mol. The Morgan fingerprint density at radius 2 is 1.69 bits per heavy atom. The summed E-state index contributed by atoms with van der Waals surface area (Å²) in [4.78, 5) is 56.6. The Morgan fingerprint density at radius 1 is 0.926 bits per heavy atom. The van der Waals surface area contributed by atoms with Crippen molar-refractivity contribution in [1.29, 1.82) is 0 Å². The Morgan fingerprint density at radius 3 is 2.37 bits per heavy atom. The molecule has 5 N–H and O–H groups in total. The summed E-state index contributed by atoms with van der Waals surface area (Å²) in [6, 6.07) is 27.9. The zero-order valence-corrected chi connectivity index (χ0v) is 40.1. The Balaban J connectivity index is 0.877. The molecule has 1 aliphatic rings. The van der Waals surface area contributed by atoms with E-state index >= 15 is 0 Å². The van der Waals surface area contributed by atoms with Crippen LogP contribution in [-0.2, 0) is 32.2 Å². The Labute approximate surface area is 399 Å². The highest BCUT2D eigenvalue weighted by molar-refractivity contribution is 7.13. The third kappa shape index (κ3) is 10.3. The van der Waals surface area contributed by atoms with Crippen LogP contribution in [0.25, 0.3) is 43.4 Å². The van der Waals surface area contributed by atoms with Crippen molar-refractivity contribution in [2.75, 3.05) is 26.4 Å². The van der Waals surface area contributed by atoms with Crippen LogP contribution in [0.15, 0.2) is 101 Å². The summed E-state index contributed by atoms with van der Waals surface area (Å²) in [5.41, 5.74) is 14.1. The molecule has 1 saturated heterocycles. The number of benzene rings is 4. The van der Waals surface area contributed by atoms with E-state index in [-0.39, 0.29) is 45.2 Å². The molecular weight excluding hydrogens is 881 g/mol. The molecule has 68 heavy (non-hydrogen) atoms. The van der Waals surface area contributed by atoms with Crippen molar-refractivity contribution in [3.8, 4) is 27.3 Å². The fourth-order valence-corrected chi connectivity index (χ4v) is 9.99. The molecular formula is C53H58N6O8S. The zero-order chi connectivity index (χ0) is 48.3. The Hall–Kier alpha value is -6.81. The minimum Gasteiger partial charge on any atom is -0.493 e. The summed E-state index contributed by atoms with van der Waals surface area (Å²) < 4.78 is 19.6. The first kappa shape index (κ1) is 47.7. The number of carbonyl (C=O) groups excluding carboxylic acids is 4. The quantitative estimate of drug-likeness (QED) is 0.0659. The van der Waals surface area contributed by atoms with Crippen LogP contribution in [0.3, 0.4) is 0 Å². The molecule has 3 atom stereocenters. The average Bonchev–Trinajstić information content (AvgIpc) is 4.09. The van der Waals surface area contributed by atoms with Crippen LogP contribution in [0, 0.1) is 26.2 Å². The van der Waals surface area contributed by atoms with Crippen molar-refractivity contribution in [3.05, 3.63) is 130 Å². The second-order valence-corrected chi connectivity index (χ2v) is 19.5. The van der Waals surface area contributed by atoms with Crippen molar-refractivity contribution >= 4 is 56.8 Å². The maximum atomic E-state index is 14.1. The lowest BCUT2D eigenvalue weighted by molar-refractivity contribution is -0.144. The summed E-state index contributed by atoms with van der Waals surface area (Å²) in [5.74, 6) is -0.639. The van der Waals surface area contributed by atoms with Crippen LogP contribution in [0.2, 0.25) is 0 Å². The van der Waals surface area contributed by atoms with Crippen LogP contribution in [0.1, 0.15) is 72.1 Å². The van der Waals surface area contributed by atoms with Crippen LogP contribution >= 0.6 is 11.3 Å². The van der Waals surface area contributed by atoms with Gasteiger partial charge in [0.2, 0.25) is 23.6 Å². The third-order valence-electron chi connectivity index (χ3n) is 12.5. The number of carbonyl (C=O) groups is 4. The minimum atomic E-state index is -0.984. The number of aliphatic hydroxyl groups excluding tert-OH is 1. The van der Waals surface area contributed by atoms with Gasteiger partial charge < -0.3 is 44.9 Å². The van der Waals surface area contributed by atoms with Crippen LogP contribution < -0.4 is 21.1 Å². The molecule has 4 heterocycles. The average molecular weight is 939 g/mol. The number of aryl methyl sites for hydroxylation is 3. The smallest absolute Gasteiger partial charge is 0.249 e. The Bertz CT molecular complexity index is 2950. The van der Waals surface area contributed by atoms with Gasteiger partial charge in [0.15, 0.2) is 0 Å². The molecule has 4 aromatic carbocycles. The molecule has 0 bridgehead atoms. The first-order valence-corrected chi connectivity index (χ1v) is 23.7. The van der Waals surface area contributed by atoms with Gasteiger partial charge in [-0.25, -0.2) is 0 Å². The van der Waals surface area contributed by atoms with Crippen molar-refractivity contribution < 1.29 is 38.3 Å². The lowest BCUT2D eigenvalue weighted by atomic mass is 9.85. The summed E-state index contributed by atoms with van der Waals surface area (Å²) in [5, 5.41) is 24.1. The predicted octanol–water partition coefficient (Wildman–Crippen LogP) is 7.85. The number of likely N-dealkylation sites (tertiary alicyclic amines) is 1. The van der Waals surface area contributed by atoms with Gasteiger partial charge in [-0.05, 0) is 95.8 Å². The van der Waals surface area contributed by atoms with E-state index in [1.54, 1.807) is 17.4 Å². The van der Waals surface area contributed by atoms with Gasteiger partial charge in [-0.2, -0.15) is 0 Å². The molecule has 8 rings (SSSR count). The number of amides is 4. The maximum absolute atomic E-state index is 14.1. The maximum Gasteiger partial charge on any atom is 0.249 e. The standard InChI is InChI=1S/C53H58N6O8S/c1-31-19-22-68-48(31)36-15-13-34(14-16-36)27-55-51(63)44-25-38(60)29-59(44)52(64)49(53(4,5)6)56-45(61)30-65-20-10-21-66-39-17-18-42-40(26-39)47-41(50(54)62)23-37(46-32(2)57-67-33(46)3)24-43(47)58(42)28-35-11-8-7-9-12-35/h7-9,11-19,22-24,26,38,44,49,60H,10,20-21,25,27-30H2,1-6H3,(H2,54,62)(H,55,63)(H,56,61)/t38-,44+,49-/m1/s1. The largest absolute Gasteiger partial charge is 0.493 e. The molecule has 15 heteroatoms. The SMILES string of the molecule is Cc1ccsc1-c1ccc(CNC(=O)[C@@H]2C[C@@H](O)CN2C(=O)[C@@H](NC(=O)COCCCOc2ccc3c(c2)c2c(C(N)=O)cc(-c4c(C)noc4C)cc2n3Cc2ccccc2)C(C)(C)C)cc1. The third-order valence-corrected chi connectivity index (χ3v) is 13.5. The predicted molar refractivity (Wildman–Crippen MR) is 263 cm³/mol. The number of ether oxygens (including phenoxy) is 2. The van der Waals surface area contributed by atoms with Gasteiger partial charge >= 0.3 is 0 Å². The lowest BCUT2D eigenvalue weighted by Gasteiger charge is -2.35. The lowest BCUT2D eigenvalue weighted by Crippen LogP contribution is -2.58. The van der Waals surface area contributed by atoms with E-state index in [1.807, 2.05) is 101 Å². The molecule has 0 aliphatic carbocycles. The van der Waals surface area contributed by atoms with Gasteiger partial charge in [0.1, 0.15) is 30.2 Å². The molecule has 4 amide bonds. The normalized spacial score (nSPS) is 15.5. The van der Waals surface area contributed by atoms with E-state index in [0.717, 1.165) is 44.2 Å². The minimum absolute atomic E-state index is 0.0237. The molecule has 1 aliphatic heterocycles. The Kier molecular flexibility index (Phi) is 14.2. The number of aliphatic hydroxyl groups is 1. The number of aromatic nitrogens is 2. The topological polar surface area (TPSA) is 191 Å². The van der Waals surface area contributed by atoms with Crippen molar-refractivity contribution in [3.63, 3.8) is 0 Å². The van der Waals surface area contributed by atoms with E-state index in [0.29, 0.717) is 41.1 Å². The van der Waals surface area contributed by atoms with E-state index in [2.05, 4.69) is 50.9 Å². The van der Waals surface area contributed by atoms with Crippen LogP contribution in [0.4, 0.5) is 0 Å². The van der Waals surface area contributed by atoms with Crippen molar-refractivity contribution in [2.45, 2.75) is 85.7 Å². The highest BCUT2D eigenvalue weighted by atomic mass is 32.1. The molecule has 0 radical (unpaired) electrons. The zero-order valence-electron chi connectivity index (χ0n) is 39.3. The number of primary amides is 1. The van der Waals surface area contributed by atoms with E-state index in [4.69, 9.17) is 19.7 Å². The van der Waals surface area contributed by atoms with E-state index < -0.39 is 41.3 Å². The van der Waals surface area contributed by atoms with Gasteiger partial charge in [-0.1, -0.05) is 80.5 Å². The number of hydrogen-bond acceptors (Lipinski definition) is 10. The second kappa shape index (κ2) is 20.2. The van der Waals surface area contributed by atoms with Gasteiger partial charge in [0.05, 0.1) is 30.5 Å². The highest BCUT2D eigenvalue weighted by Gasteiger charge is 2.44. The fourth-order valence-electron chi connectivity index (χ4n) is 9.05.